The lowest BCUT2D eigenvalue weighted by atomic mass is 10.1. The van der Waals surface area contributed by atoms with E-state index in [4.69, 9.17) is 0 Å². The molecule has 0 aromatic carbocycles. The van der Waals surface area contributed by atoms with E-state index in [1.807, 2.05) is 4.90 Å². The molecule has 2 unspecified atom stereocenters. The normalized spacial score (nSPS) is 36.8. The van der Waals surface area contributed by atoms with Crippen LogP contribution in [-0.2, 0) is 0 Å². The number of amides is 2. The lowest BCUT2D eigenvalue weighted by Crippen LogP contribution is -2.51. The van der Waals surface area contributed by atoms with Crippen LogP contribution < -0.4 is 5.32 Å². The van der Waals surface area contributed by atoms with Gasteiger partial charge in [-0.15, -0.1) is 0 Å². The summed E-state index contributed by atoms with van der Waals surface area (Å²) in [6.45, 7) is 3.00. The highest BCUT2D eigenvalue weighted by atomic mass is 16.2. The third-order valence-corrected chi connectivity index (χ3v) is 2.77. The van der Waals surface area contributed by atoms with Gasteiger partial charge in [-0.2, -0.15) is 0 Å². The van der Waals surface area contributed by atoms with Crippen molar-refractivity contribution < 1.29 is 4.79 Å². The molecule has 3 heteroatoms. The lowest BCUT2D eigenvalue weighted by molar-refractivity contribution is 0.159. The van der Waals surface area contributed by atoms with Crippen LogP contribution in [0.25, 0.3) is 0 Å². The smallest absolute Gasteiger partial charge is 0.317 e. The minimum absolute atomic E-state index is 0.145. The van der Waals surface area contributed by atoms with Gasteiger partial charge in [0.05, 0.1) is 0 Å². The standard InChI is InChI=1S/C8H14N2O/c1-6-2-3-7-4-5-9-8(11)10(6)7/h6-7H,2-5H2,1H3,(H,9,11). The number of nitrogens with one attached hydrogen (secondary N) is 1. The van der Waals surface area contributed by atoms with Gasteiger partial charge in [0.2, 0.25) is 0 Å². The molecule has 62 valence electrons. The zero-order valence-corrected chi connectivity index (χ0v) is 6.84. The SMILES string of the molecule is CC1CCC2CCNC(=O)N12. The van der Waals surface area contributed by atoms with Gasteiger partial charge in [0.15, 0.2) is 0 Å². The summed E-state index contributed by atoms with van der Waals surface area (Å²) in [7, 11) is 0. The summed E-state index contributed by atoms with van der Waals surface area (Å²) < 4.78 is 0. The largest absolute Gasteiger partial charge is 0.338 e. The first-order valence-corrected chi connectivity index (χ1v) is 4.35. The first-order chi connectivity index (χ1) is 5.29. The van der Waals surface area contributed by atoms with E-state index in [2.05, 4.69) is 12.2 Å². The van der Waals surface area contributed by atoms with E-state index in [1.165, 1.54) is 12.8 Å². The quantitative estimate of drug-likeness (QED) is 0.553. The molecule has 11 heavy (non-hydrogen) atoms. The van der Waals surface area contributed by atoms with Gasteiger partial charge in [-0.25, -0.2) is 4.79 Å². The Kier molecular flexibility index (Phi) is 1.51. The van der Waals surface area contributed by atoms with E-state index in [1.54, 1.807) is 0 Å². The Morgan fingerprint density at radius 3 is 3.00 bits per heavy atom. The van der Waals surface area contributed by atoms with Crippen molar-refractivity contribution in [1.82, 2.24) is 10.2 Å². The van der Waals surface area contributed by atoms with E-state index in [-0.39, 0.29) is 6.03 Å². The minimum atomic E-state index is 0.145. The van der Waals surface area contributed by atoms with Gasteiger partial charge >= 0.3 is 6.03 Å². The fourth-order valence-corrected chi connectivity index (χ4v) is 2.16. The molecule has 2 amide bonds. The van der Waals surface area contributed by atoms with Crippen LogP contribution in [0.2, 0.25) is 0 Å². The highest BCUT2D eigenvalue weighted by Gasteiger charge is 2.36. The van der Waals surface area contributed by atoms with E-state index in [0.29, 0.717) is 12.1 Å². The summed E-state index contributed by atoms with van der Waals surface area (Å²) in [5.41, 5.74) is 0. The van der Waals surface area contributed by atoms with Crippen LogP contribution in [0.15, 0.2) is 0 Å². The highest BCUT2D eigenvalue weighted by Crippen LogP contribution is 2.27. The first-order valence-electron chi connectivity index (χ1n) is 4.35. The Bertz CT molecular complexity index is 179. The van der Waals surface area contributed by atoms with Crippen molar-refractivity contribution in [1.29, 1.82) is 0 Å². The van der Waals surface area contributed by atoms with Crippen molar-refractivity contribution in [3.8, 4) is 0 Å². The van der Waals surface area contributed by atoms with Crippen LogP contribution in [0.3, 0.4) is 0 Å². The Balaban J connectivity index is 2.14. The van der Waals surface area contributed by atoms with E-state index < -0.39 is 0 Å². The fourth-order valence-electron chi connectivity index (χ4n) is 2.16. The summed E-state index contributed by atoms with van der Waals surface area (Å²) in [6, 6.07) is 1.14. The van der Waals surface area contributed by atoms with E-state index >= 15 is 0 Å². The van der Waals surface area contributed by atoms with Gasteiger partial charge in [-0.3, -0.25) is 0 Å². The van der Waals surface area contributed by atoms with Crippen molar-refractivity contribution in [3.63, 3.8) is 0 Å². The average Bonchev–Trinajstić information content (AvgIpc) is 2.34. The molecular formula is C8H14N2O. The summed E-state index contributed by atoms with van der Waals surface area (Å²) in [4.78, 5) is 13.3. The first kappa shape index (κ1) is 6.95. The summed E-state index contributed by atoms with van der Waals surface area (Å²) in [5.74, 6) is 0. The molecule has 2 fully saturated rings. The summed E-state index contributed by atoms with van der Waals surface area (Å²) >= 11 is 0. The molecular weight excluding hydrogens is 140 g/mol. The second-order valence-electron chi connectivity index (χ2n) is 3.51. The Morgan fingerprint density at radius 2 is 2.27 bits per heavy atom. The Hall–Kier alpha value is -0.730. The van der Waals surface area contributed by atoms with E-state index in [9.17, 15) is 4.79 Å². The molecule has 1 N–H and O–H groups in total. The molecule has 2 aliphatic heterocycles. The van der Waals surface area contributed by atoms with Crippen molar-refractivity contribution in [2.45, 2.75) is 38.3 Å². The number of rotatable bonds is 0. The Labute approximate surface area is 66.8 Å². The molecule has 0 aromatic heterocycles. The molecule has 2 rings (SSSR count). The monoisotopic (exact) mass is 154 g/mol. The van der Waals surface area contributed by atoms with Crippen LogP contribution in [0, 0.1) is 0 Å². The number of carbonyl (C=O) groups is 1. The molecule has 3 nitrogen and oxygen atoms in total. The fraction of sp³-hybridized carbons (Fsp3) is 0.875. The number of hydrogen-bond acceptors (Lipinski definition) is 1. The van der Waals surface area contributed by atoms with Gasteiger partial charge in [0.1, 0.15) is 0 Å². The van der Waals surface area contributed by atoms with Gasteiger partial charge in [0, 0.05) is 18.6 Å². The number of fused-ring (bicyclic) bond motifs is 1. The van der Waals surface area contributed by atoms with Crippen LogP contribution >= 0.6 is 0 Å². The average molecular weight is 154 g/mol. The van der Waals surface area contributed by atoms with E-state index in [0.717, 1.165) is 13.0 Å². The van der Waals surface area contributed by atoms with Crippen LogP contribution in [0.1, 0.15) is 26.2 Å². The molecule has 2 atom stereocenters. The van der Waals surface area contributed by atoms with Crippen molar-refractivity contribution in [2.75, 3.05) is 6.54 Å². The third-order valence-electron chi connectivity index (χ3n) is 2.77. The zero-order chi connectivity index (χ0) is 7.84. The predicted molar refractivity (Wildman–Crippen MR) is 42.3 cm³/mol. The van der Waals surface area contributed by atoms with Gasteiger partial charge in [-0.05, 0) is 26.2 Å². The van der Waals surface area contributed by atoms with Crippen molar-refractivity contribution in [3.05, 3.63) is 0 Å². The summed E-state index contributed by atoms with van der Waals surface area (Å²) in [6.07, 6.45) is 3.52. The van der Waals surface area contributed by atoms with Crippen LogP contribution in [-0.4, -0.2) is 29.6 Å². The number of urea groups is 1. The van der Waals surface area contributed by atoms with Crippen molar-refractivity contribution in [2.24, 2.45) is 0 Å². The molecule has 0 spiro atoms. The molecule has 0 aromatic rings. The molecule has 2 aliphatic rings. The molecule has 2 heterocycles. The molecule has 2 saturated heterocycles. The van der Waals surface area contributed by atoms with Gasteiger partial charge in [-0.1, -0.05) is 0 Å². The molecule has 0 saturated carbocycles. The minimum Gasteiger partial charge on any atom is -0.338 e. The van der Waals surface area contributed by atoms with Gasteiger partial charge in [0.25, 0.3) is 0 Å². The topological polar surface area (TPSA) is 32.3 Å². The summed E-state index contributed by atoms with van der Waals surface area (Å²) in [5, 5.41) is 2.87. The molecule has 0 bridgehead atoms. The predicted octanol–water partition coefficient (Wildman–Crippen LogP) is 0.953. The lowest BCUT2D eigenvalue weighted by Gasteiger charge is -2.32. The third kappa shape index (κ3) is 0.988. The molecule has 0 radical (unpaired) electrons. The number of nitrogens with zero attached hydrogens (tertiary/aromatic N) is 1. The Morgan fingerprint density at radius 1 is 1.45 bits per heavy atom. The van der Waals surface area contributed by atoms with Crippen molar-refractivity contribution >= 4 is 6.03 Å². The maximum Gasteiger partial charge on any atom is 0.317 e. The van der Waals surface area contributed by atoms with Crippen LogP contribution in [0.5, 0.6) is 0 Å². The number of hydrogen-bond donors (Lipinski definition) is 1. The second kappa shape index (κ2) is 2.40. The molecule has 0 aliphatic carbocycles. The number of carbonyl (C=O) groups excluding carboxylic acids is 1. The second-order valence-corrected chi connectivity index (χ2v) is 3.51. The van der Waals surface area contributed by atoms with Gasteiger partial charge < -0.3 is 10.2 Å². The highest BCUT2D eigenvalue weighted by molar-refractivity contribution is 5.76. The zero-order valence-electron chi connectivity index (χ0n) is 6.84. The maximum absolute atomic E-state index is 11.3. The maximum atomic E-state index is 11.3. The van der Waals surface area contributed by atoms with Crippen LogP contribution in [0.4, 0.5) is 4.79 Å².